The number of hydrogen-bond acceptors (Lipinski definition) is 6. The molecule has 0 radical (unpaired) electrons. The van der Waals surface area contributed by atoms with Crippen LogP contribution in [0.15, 0.2) is 106 Å². The molecular weight excluding hydrogens is 416 g/mol. The highest BCUT2D eigenvalue weighted by molar-refractivity contribution is 5.79. The number of hydrogen-bond donors (Lipinski definition) is 2. The lowest BCUT2D eigenvalue weighted by Crippen LogP contribution is -2.00. The van der Waals surface area contributed by atoms with Gasteiger partial charge in [-0.25, -0.2) is 0 Å². The number of benzene rings is 4. The van der Waals surface area contributed by atoms with E-state index in [9.17, 15) is 4.79 Å². The van der Waals surface area contributed by atoms with E-state index in [-0.39, 0.29) is 5.43 Å². The number of anilines is 2. The van der Waals surface area contributed by atoms with E-state index in [0.29, 0.717) is 56.7 Å². The highest BCUT2D eigenvalue weighted by atomic mass is 16.5. The molecule has 0 aliphatic carbocycles. The Morgan fingerprint density at radius 3 is 1.94 bits per heavy atom. The van der Waals surface area contributed by atoms with E-state index in [1.807, 2.05) is 6.07 Å². The van der Waals surface area contributed by atoms with Gasteiger partial charge in [0.2, 0.25) is 0 Å². The van der Waals surface area contributed by atoms with Crippen molar-refractivity contribution in [2.75, 3.05) is 11.5 Å². The molecule has 4 N–H and O–H groups in total. The molecule has 0 amide bonds. The quantitative estimate of drug-likeness (QED) is 0.318. The van der Waals surface area contributed by atoms with Gasteiger partial charge in [0.1, 0.15) is 34.3 Å². The van der Waals surface area contributed by atoms with Crippen LogP contribution in [0.25, 0.3) is 22.3 Å². The number of fused-ring (bicyclic) bond motifs is 1. The minimum atomic E-state index is -0.132. The van der Waals surface area contributed by atoms with E-state index < -0.39 is 0 Å². The number of nitrogen functional groups attached to an aromatic ring is 2. The van der Waals surface area contributed by atoms with Gasteiger partial charge in [0, 0.05) is 23.5 Å². The van der Waals surface area contributed by atoms with Crippen LogP contribution in [0.3, 0.4) is 0 Å². The normalized spacial score (nSPS) is 10.8. The zero-order valence-electron chi connectivity index (χ0n) is 17.5. The van der Waals surface area contributed by atoms with Gasteiger partial charge in [-0.2, -0.15) is 0 Å². The molecular formula is C27H20N2O4. The number of rotatable bonds is 5. The SMILES string of the molecule is Nc1ccc(Oc2ccc(-c3cc(=O)c4ccccc4o3)c(Oc3ccc(N)cc3)c2)cc1. The maximum absolute atomic E-state index is 12.7. The lowest BCUT2D eigenvalue weighted by Gasteiger charge is -2.14. The van der Waals surface area contributed by atoms with E-state index in [2.05, 4.69) is 0 Å². The van der Waals surface area contributed by atoms with Gasteiger partial charge < -0.3 is 25.4 Å². The second kappa shape index (κ2) is 8.43. The summed E-state index contributed by atoms with van der Waals surface area (Å²) in [7, 11) is 0. The monoisotopic (exact) mass is 436 g/mol. The lowest BCUT2D eigenvalue weighted by atomic mass is 10.1. The number of para-hydroxylation sites is 1. The highest BCUT2D eigenvalue weighted by Crippen LogP contribution is 2.38. The van der Waals surface area contributed by atoms with Gasteiger partial charge in [0.05, 0.1) is 10.9 Å². The van der Waals surface area contributed by atoms with E-state index >= 15 is 0 Å². The lowest BCUT2D eigenvalue weighted by molar-refractivity contribution is 0.460. The molecule has 1 heterocycles. The summed E-state index contributed by atoms with van der Waals surface area (Å²) < 4.78 is 18.2. The van der Waals surface area contributed by atoms with Gasteiger partial charge in [-0.05, 0) is 72.8 Å². The third kappa shape index (κ3) is 4.36. The molecule has 0 fully saturated rings. The summed E-state index contributed by atoms with van der Waals surface area (Å²) in [6.45, 7) is 0. The Labute approximate surface area is 189 Å². The van der Waals surface area contributed by atoms with Crippen molar-refractivity contribution in [2.24, 2.45) is 0 Å². The summed E-state index contributed by atoms with van der Waals surface area (Å²) in [6, 6.07) is 28.1. The first kappa shape index (κ1) is 20.2. The second-order valence-corrected chi connectivity index (χ2v) is 7.47. The zero-order chi connectivity index (χ0) is 22.8. The van der Waals surface area contributed by atoms with Gasteiger partial charge in [-0.3, -0.25) is 4.79 Å². The van der Waals surface area contributed by atoms with Gasteiger partial charge in [0.15, 0.2) is 5.43 Å². The molecule has 0 unspecified atom stereocenters. The average Bonchev–Trinajstić information content (AvgIpc) is 2.82. The van der Waals surface area contributed by atoms with Crippen LogP contribution in [-0.2, 0) is 0 Å². The van der Waals surface area contributed by atoms with Gasteiger partial charge in [-0.1, -0.05) is 12.1 Å². The van der Waals surface area contributed by atoms with E-state index in [0.717, 1.165) is 0 Å². The summed E-state index contributed by atoms with van der Waals surface area (Å²) >= 11 is 0. The van der Waals surface area contributed by atoms with Crippen molar-refractivity contribution in [2.45, 2.75) is 0 Å². The molecule has 0 aliphatic heterocycles. The van der Waals surface area contributed by atoms with Crippen molar-refractivity contribution in [1.82, 2.24) is 0 Å². The first-order valence-corrected chi connectivity index (χ1v) is 10.3. The fourth-order valence-corrected chi connectivity index (χ4v) is 3.43. The molecule has 0 saturated heterocycles. The minimum absolute atomic E-state index is 0.132. The molecule has 1 aromatic heterocycles. The third-order valence-electron chi connectivity index (χ3n) is 5.08. The summed E-state index contributed by atoms with van der Waals surface area (Å²) in [5.74, 6) is 2.62. The standard InChI is InChI=1S/C27H20N2O4/c28-17-5-9-19(10-6-17)31-21-13-14-23(26(15-21)32-20-11-7-18(29)8-12-20)27-16-24(30)22-3-1-2-4-25(22)33-27/h1-16H,28-29H2. The van der Waals surface area contributed by atoms with Crippen LogP contribution in [0.4, 0.5) is 11.4 Å². The number of nitrogens with two attached hydrogens (primary N) is 2. The van der Waals surface area contributed by atoms with Crippen LogP contribution in [0.5, 0.6) is 23.0 Å². The Balaban J connectivity index is 1.59. The van der Waals surface area contributed by atoms with E-state index in [4.69, 9.17) is 25.4 Å². The van der Waals surface area contributed by atoms with Crippen molar-refractivity contribution < 1.29 is 13.9 Å². The predicted molar refractivity (Wildman–Crippen MR) is 130 cm³/mol. The average molecular weight is 436 g/mol. The summed E-state index contributed by atoms with van der Waals surface area (Å²) in [6.07, 6.45) is 0. The fraction of sp³-hybridized carbons (Fsp3) is 0. The van der Waals surface area contributed by atoms with Crippen molar-refractivity contribution >= 4 is 22.3 Å². The maximum Gasteiger partial charge on any atom is 0.193 e. The van der Waals surface area contributed by atoms with Crippen molar-refractivity contribution in [3.8, 4) is 34.3 Å². The second-order valence-electron chi connectivity index (χ2n) is 7.47. The van der Waals surface area contributed by atoms with E-state index in [1.54, 1.807) is 84.9 Å². The molecule has 0 spiro atoms. The smallest absolute Gasteiger partial charge is 0.193 e. The molecule has 6 nitrogen and oxygen atoms in total. The molecule has 6 heteroatoms. The largest absolute Gasteiger partial charge is 0.457 e. The van der Waals surface area contributed by atoms with Crippen molar-refractivity contribution in [3.63, 3.8) is 0 Å². The fourth-order valence-electron chi connectivity index (χ4n) is 3.43. The Kier molecular flexibility index (Phi) is 5.16. The Bertz CT molecular complexity index is 1490. The zero-order valence-corrected chi connectivity index (χ0v) is 17.5. The minimum Gasteiger partial charge on any atom is -0.457 e. The Morgan fingerprint density at radius 1 is 0.636 bits per heavy atom. The van der Waals surface area contributed by atoms with Crippen LogP contribution in [0, 0.1) is 0 Å². The topological polar surface area (TPSA) is 101 Å². The Hall–Kier alpha value is -4.71. The van der Waals surface area contributed by atoms with Gasteiger partial charge >= 0.3 is 0 Å². The van der Waals surface area contributed by atoms with Crippen LogP contribution >= 0.6 is 0 Å². The number of ether oxygens (including phenoxy) is 2. The highest BCUT2D eigenvalue weighted by Gasteiger charge is 2.15. The van der Waals surface area contributed by atoms with Crippen LogP contribution < -0.4 is 26.4 Å². The molecule has 33 heavy (non-hydrogen) atoms. The first-order chi connectivity index (χ1) is 16.0. The predicted octanol–water partition coefficient (Wildman–Crippen LogP) is 6.21. The molecule has 162 valence electrons. The molecule has 0 bridgehead atoms. The maximum atomic E-state index is 12.7. The molecule has 5 rings (SSSR count). The van der Waals surface area contributed by atoms with Crippen LogP contribution in [0.2, 0.25) is 0 Å². The van der Waals surface area contributed by atoms with Crippen molar-refractivity contribution in [1.29, 1.82) is 0 Å². The van der Waals surface area contributed by atoms with Gasteiger partial charge in [-0.15, -0.1) is 0 Å². The summed E-state index contributed by atoms with van der Waals surface area (Å²) in [4.78, 5) is 12.7. The van der Waals surface area contributed by atoms with E-state index in [1.165, 1.54) is 6.07 Å². The molecule has 4 aromatic carbocycles. The van der Waals surface area contributed by atoms with Crippen molar-refractivity contribution in [3.05, 3.63) is 107 Å². The van der Waals surface area contributed by atoms with Crippen LogP contribution in [-0.4, -0.2) is 0 Å². The summed E-state index contributed by atoms with van der Waals surface area (Å²) in [5, 5.41) is 0.519. The summed E-state index contributed by atoms with van der Waals surface area (Å²) in [5.41, 5.74) is 13.8. The molecule has 0 saturated carbocycles. The molecule has 0 atom stereocenters. The molecule has 5 aromatic rings. The Morgan fingerprint density at radius 2 is 1.24 bits per heavy atom. The van der Waals surface area contributed by atoms with Gasteiger partial charge in [0.25, 0.3) is 0 Å². The third-order valence-corrected chi connectivity index (χ3v) is 5.08. The van der Waals surface area contributed by atoms with Crippen LogP contribution in [0.1, 0.15) is 0 Å². The molecule has 0 aliphatic rings. The first-order valence-electron chi connectivity index (χ1n) is 10.3.